The standard InChI is InChI=1S/C22H24FN3O3/c1-4-21(27)25(2)14-22(28)26-20(16-7-11-18(29-3)12-8-16)13-19(24-26)15-5-9-17(23)10-6-15/h5-12,20H,4,13-14H2,1-3H3/t20-/m1/s1. The van der Waals surface area contributed by atoms with Gasteiger partial charge in [0.15, 0.2) is 0 Å². The van der Waals surface area contributed by atoms with E-state index in [1.54, 1.807) is 33.2 Å². The second kappa shape index (κ2) is 8.86. The maximum absolute atomic E-state index is 13.3. The lowest BCUT2D eigenvalue weighted by atomic mass is 9.98. The fraction of sp³-hybridized carbons (Fsp3) is 0.318. The van der Waals surface area contributed by atoms with Crippen molar-refractivity contribution in [2.75, 3.05) is 20.7 Å². The van der Waals surface area contributed by atoms with E-state index in [2.05, 4.69) is 5.10 Å². The third kappa shape index (κ3) is 4.62. The number of hydrogen-bond acceptors (Lipinski definition) is 4. The number of hydrogen-bond donors (Lipinski definition) is 0. The number of halogens is 1. The summed E-state index contributed by atoms with van der Waals surface area (Å²) in [4.78, 5) is 26.2. The van der Waals surface area contributed by atoms with Crippen LogP contribution in [-0.4, -0.2) is 48.1 Å². The molecule has 7 heteroatoms. The van der Waals surface area contributed by atoms with Crippen LogP contribution in [0.15, 0.2) is 53.6 Å². The Bertz CT molecular complexity index is 910. The van der Waals surface area contributed by atoms with Gasteiger partial charge < -0.3 is 9.64 Å². The summed E-state index contributed by atoms with van der Waals surface area (Å²) in [7, 11) is 3.20. The Morgan fingerprint density at radius 2 is 1.83 bits per heavy atom. The lowest BCUT2D eigenvalue weighted by Crippen LogP contribution is -2.38. The number of benzene rings is 2. The molecule has 0 bridgehead atoms. The first-order valence-corrected chi connectivity index (χ1v) is 9.46. The van der Waals surface area contributed by atoms with E-state index in [4.69, 9.17) is 4.74 Å². The third-order valence-electron chi connectivity index (χ3n) is 4.94. The van der Waals surface area contributed by atoms with E-state index in [1.807, 2.05) is 24.3 Å². The zero-order valence-electron chi connectivity index (χ0n) is 16.8. The zero-order valence-corrected chi connectivity index (χ0v) is 16.8. The van der Waals surface area contributed by atoms with Gasteiger partial charge in [-0.25, -0.2) is 9.40 Å². The highest BCUT2D eigenvalue weighted by atomic mass is 19.1. The zero-order chi connectivity index (χ0) is 21.0. The van der Waals surface area contributed by atoms with Gasteiger partial charge in [-0.05, 0) is 35.4 Å². The maximum Gasteiger partial charge on any atom is 0.262 e. The number of carbonyl (C=O) groups excluding carboxylic acids is 2. The van der Waals surface area contributed by atoms with Crippen molar-refractivity contribution in [1.29, 1.82) is 0 Å². The summed E-state index contributed by atoms with van der Waals surface area (Å²) in [5, 5.41) is 5.97. The summed E-state index contributed by atoms with van der Waals surface area (Å²) in [5.74, 6) is 0.0118. The number of methoxy groups -OCH3 is 1. The van der Waals surface area contributed by atoms with Crippen LogP contribution in [0.5, 0.6) is 5.75 Å². The molecule has 1 atom stereocenters. The molecule has 0 unspecified atom stereocenters. The van der Waals surface area contributed by atoms with Gasteiger partial charge in [0.25, 0.3) is 5.91 Å². The van der Waals surface area contributed by atoms with Crippen LogP contribution in [0.1, 0.15) is 36.9 Å². The molecule has 6 nitrogen and oxygen atoms in total. The summed E-state index contributed by atoms with van der Waals surface area (Å²) in [6.45, 7) is 1.70. The van der Waals surface area contributed by atoms with Crippen molar-refractivity contribution in [1.82, 2.24) is 9.91 Å². The molecule has 0 radical (unpaired) electrons. The van der Waals surface area contributed by atoms with Crippen LogP contribution in [0, 0.1) is 5.82 Å². The molecule has 2 aromatic carbocycles. The van der Waals surface area contributed by atoms with E-state index in [9.17, 15) is 14.0 Å². The van der Waals surface area contributed by atoms with Gasteiger partial charge in [-0.2, -0.15) is 5.10 Å². The molecule has 1 heterocycles. The van der Waals surface area contributed by atoms with Crippen LogP contribution < -0.4 is 4.74 Å². The van der Waals surface area contributed by atoms with Crippen LogP contribution in [0.25, 0.3) is 0 Å². The Labute approximate surface area is 169 Å². The van der Waals surface area contributed by atoms with E-state index in [0.717, 1.165) is 16.9 Å². The highest BCUT2D eigenvalue weighted by molar-refractivity contribution is 6.03. The Balaban J connectivity index is 1.89. The molecule has 0 spiro atoms. The summed E-state index contributed by atoms with van der Waals surface area (Å²) < 4.78 is 18.5. The monoisotopic (exact) mass is 397 g/mol. The molecule has 1 aliphatic heterocycles. The molecule has 0 fully saturated rings. The average Bonchev–Trinajstić information content (AvgIpc) is 3.19. The Morgan fingerprint density at radius 3 is 2.41 bits per heavy atom. The lowest BCUT2D eigenvalue weighted by Gasteiger charge is -2.25. The Kier molecular flexibility index (Phi) is 6.26. The maximum atomic E-state index is 13.3. The van der Waals surface area contributed by atoms with E-state index in [1.165, 1.54) is 22.0 Å². The van der Waals surface area contributed by atoms with Gasteiger partial charge in [0.1, 0.15) is 18.1 Å². The van der Waals surface area contributed by atoms with E-state index in [0.29, 0.717) is 18.6 Å². The molecule has 0 saturated carbocycles. The quantitative estimate of drug-likeness (QED) is 0.751. The van der Waals surface area contributed by atoms with Crippen LogP contribution in [0.3, 0.4) is 0 Å². The minimum atomic E-state index is -0.327. The summed E-state index contributed by atoms with van der Waals surface area (Å²) in [5.41, 5.74) is 2.37. The molecular weight excluding hydrogens is 373 g/mol. The molecule has 2 aromatic rings. The largest absolute Gasteiger partial charge is 0.497 e. The molecule has 152 valence electrons. The molecule has 0 aliphatic carbocycles. The first kappa shape index (κ1) is 20.5. The van der Waals surface area contributed by atoms with Gasteiger partial charge in [0, 0.05) is 19.9 Å². The molecule has 0 aromatic heterocycles. The van der Waals surface area contributed by atoms with Crippen LogP contribution in [0.4, 0.5) is 4.39 Å². The van der Waals surface area contributed by atoms with Crippen LogP contribution in [0.2, 0.25) is 0 Å². The van der Waals surface area contributed by atoms with Gasteiger partial charge in [-0.15, -0.1) is 0 Å². The fourth-order valence-corrected chi connectivity index (χ4v) is 3.28. The molecule has 2 amide bonds. The SMILES string of the molecule is CCC(=O)N(C)CC(=O)N1N=C(c2ccc(F)cc2)C[C@@H]1c1ccc(OC)cc1. The molecule has 0 saturated heterocycles. The summed E-state index contributed by atoms with van der Waals surface area (Å²) in [6, 6.07) is 13.2. The first-order valence-electron chi connectivity index (χ1n) is 9.46. The molecule has 0 N–H and O–H groups in total. The number of hydrazone groups is 1. The smallest absolute Gasteiger partial charge is 0.262 e. The van der Waals surface area contributed by atoms with Crippen molar-refractivity contribution in [3.63, 3.8) is 0 Å². The van der Waals surface area contributed by atoms with Crippen LogP contribution >= 0.6 is 0 Å². The second-order valence-corrected chi connectivity index (χ2v) is 6.89. The number of rotatable bonds is 6. The Hall–Kier alpha value is -3.22. The second-order valence-electron chi connectivity index (χ2n) is 6.89. The summed E-state index contributed by atoms with van der Waals surface area (Å²) >= 11 is 0. The van der Waals surface area contributed by atoms with Crippen molar-refractivity contribution in [2.45, 2.75) is 25.8 Å². The number of likely N-dealkylation sites (N-methyl/N-ethyl adjacent to an activating group) is 1. The topological polar surface area (TPSA) is 62.2 Å². The molecule has 29 heavy (non-hydrogen) atoms. The molecule has 3 rings (SSSR count). The van der Waals surface area contributed by atoms with E-state index >= 15 is 0 Å². The average molecular weight is 397 g/mol. The highest BCUT2D eigenvalue weighted by Crippen LogP contribution is 2.33. The fourth-order valence-electron chi connectivity index (χ4n) is 3.28. The molecular formula is C22H24FN3O3. The van der Waals surface area contributed by atoms with Crippen molar-refractivity contribution >= 4 is 17.5 Å². The van der Waals surface area contributed by atoms with Gasteiger partial charge >= 0.3 is 0 Å². The normalized spacial score (nSPS) is 15.8. The van der Waals surface area contributed by atoms with Gasteiger partial charge in [0.2, 0.25) is 5.91 Å². The van der Waals surface area contributed by atoms with Crippen molar-refractivity contribution in [3.8, 4) is 5.75 Å². The van der Waals surface area contributed by atoms with Crippen molar-refractivity contribution in [3.05, 3.63) is 65.5 Å². The van der Waals surface area contributed by atoms with Crippen molar-refractivity contribution < 1.29 is 18.7 Å². The minimum absolute atomic E-state index is 0.0560. The Morgan fingerprint density at radius 1 is 1.17 bits per heavy atom. The lowest BCUT2D eigenvalue weighted by molar-refractivity contribution is -0.140. The van der Waals surface area contributed by atoms with Gasteiger partial charge in [-0.3, -0.25) is 9.59 Å². The van der Waals surface area contributed by atoms with Gasteiger partial charge in [-0.1, -0.05) is 31.2 Å². The first-order chi connectivity index (χ1) is 13.9. The third-order valence-corrected chi connectivity index (χ3v) is 4.94. The number of carbonyl (C=O) groups is 2. The highest BCUT2D eigenvalue weighted by Gasteiger charge is 2.33. The van der Waals surface area contributed by atoms with Crippen molar-refractivity contribution in [2.24, 2.45) is 5.10 Å². The van der Waals surface area contributed by atoms with Gasteiger partial charge in [0.05, 0.1) is 18.9 Å². The van der Waals surface area contributed by atoms with E-state index in [-0.39, 0.29) is 30.2 Å². The summed E-state index contributed by atoms with van der Waals surface area (Å²) in [6.07, 6.45) is 0.824. The minimum Gasteiger partial charge on any atom is -0.497 e. The molecule has 1 aliphatic rings. The van der Waals surface area contributed by atoms with Crippen LogP contribution in [-0.2, 0) is 9.59 Å². The number of ether oxygens (including phenoxy) is 1. The number of amides is 2. The number of nitrogens with zero attached hydrogens (tertiary/aromatic N) is 3. The van der Waals surface area contributed by atoms with E-state index < -0.39 is 0 Å². The predicted molar refractivity (Wildman–Crippen MR) is 108 cm³/mol. The predicted octanol–water partition coefficient (Wildman–Crippen LogP) is 3.38.